The fourth-order valence-corrected chi connectivity index (χ4v) is 4.88. The van der Waals surface area contributed by atoms with Gasteiger partial charge in [0.15, 0.2) is 0 Å². The van der Waals surface area contributed by atoms with Crippen LogP contribution in [-0.2, 0) is 9.59 Å². The summed E-state index contributed by atoms with van der Waals surface area (Å²) in [6, 6.07) is 0. The first-order valence-electron chi connectivity index (χ1n) is 11.3. The number of amides is 2. The highest BCUT2D eigenvalue weighted by Gasteiger charge is 2.24. The first-order valence-corrected chi connectivity index (χ1v) is 11.3. The minimum absolute atomic E-state index is 0.120. The van der Waals surface area contributed by atoms with E-state index in [1.54, 1.807) is 0 Å². The van der Waals surface area contributed by atoms with Gasteiger partial charge in [-0.2, -0.15) is 0 Å². The largest absolute Gasteiger partial charge is 0.370 e. The summed E-state index contributed by atoms with van der Waals surface area (Å²) >= 11 is 0. The summed E-state index contributed by atoms with van der Waals surface area (Å²) in [6.45, 7) is 1.70. The van der Waals surface area contributed by atoms with Gasteiger partial charge in [-0.05, 0) is 68.7 Å². The predicted octanol–water partition coefficient (Wildman–Crippen LogP) is 3.50. The van der Waals surface area contributed by atoms with Crippen molar-refractivity contribution in [2.45, 2.75) is 89.9 Å². The van der Waals surface area contributed by atoms with Gasteiger partial charge in [-0.3, -0.25) is 9.59 Å². The van der Waals surface area contributed by atoms with Gasteiger partial charge in [0, 0.05) is 19.4 Å². The van der Waals surface area contributed by atoms with E-state index in [9.17, 15) is 9.59 Å². The third kappa shape index (κ3) is 9.09. The fourth-order valence-electron chi connectivity index (χ4n) is 4.88. The van der Waals surface area contributed by atoms with Crippen molar-refractivity contribution in [1.82, 2.24) is 5.32 Å². The fraction of sp³-hybridized carbons (Fsp3) is 0.909. The van der Waals surface area contributed by atoms with E-state index in [1.165, 1.54) is 64.2 Å². The number of carbonyl (C=O) groups is 2. The maximum Gasteiger partial charge on any atom is 0.220 e. The van der Waals surface area contributed by atoms with Crippen LogP contribution in [0.3, 0.4) is 0 Å². The van der Waals surface area contributed by atoms with Crippen LogP contribution in [0.5, 0.6) is 0 Å². The van der Waals surface area contributed by atoms with Crippen molar-refractivity contribution in [1.29, 1.82) is 0 Å². The zero-order chi connectivity index (χ0) is 19.5. The van der Waals surface area contributed by atoms with Crippen molar-refractivity contribution in [2.75, 3.05) is 13.1 Å². The first-order chi connectivity index (χ1) is 13.1. The molecule has 0 aromatic rings. The molecule has 0 bridgehead atoms. The molecule has 0 atom stereocenters. The molecule has 2 aliphatic carbocycles. The molecular formula is C22H41N3O2. The van der Waals surface area contributed by atoms with Crippen LogP contribution in [0, 0.1) is 23.7 Å². The maximum atomic E-state index is 11.9. The molecule has 0 aliphatic heterocycles. The molecule has 156 valence electrons. The second-order valence-corrected chi connectivity index (χ2v) is 9.06. The summed E-state index contributed by atoms with van der Waals surface area (Å²) in [4.78, 5) is 22.6. The lowest BCUT2D eigenvalue weighted by molar-refractivity contribution is -0.122. The van der Waals surface area contributed by atoms with E-state index in [-0.39, 0.29) is 11.8 Å². The van der Waals surface area contributed by atoms with E-state index in [1.807, 2.05) is 0 Å². The molecule has 0 unspecified atom stereocenters. The third-order valence-electron chi connectivity index (χ3n) is 6.91. The van der Waals surface area contributed by atoms with Crippen molar-refractivity contribution in [3.63, 3.8) is 0 Å². The minimum Gasteiger partial charge on any atom is -0.370 e. The Morgan fingerprint density at radius 3 is 1.74 bits per heavy atom. The van der Waals surface area contributed by atoms with Crippen LogP contribution >= 0.6 is 0 Å². The highest BCUT2D eigenvalue weighted by molar-refractivity contribution is 5.76. The lowest BCUT2D eigenvalue weighted by Gasteiger charge is -2.31. The Balaban J connectivity index is 1.49. The van der Waals surface area contributed by atoms with Gasteiger partial charge in [-0.1, -0.05) is 38.5 Å². The predicted molar refractivity (Wildman–Crippen MR) is 110 cm³/mol. The lowest BCUT2D eigenvalue weighted by Crippen LogP contribution is -2.31. The zero-order valence-electron chi connectivity index (χ0n) is 17.1. The SMILES string of the molecule is NCC1CCC(CCC2CCC(CNC(=O)CCCCC(N)=O)CC2)CC1. The summed E-state index contributed by atoms with van der Waals surface area (Å²) in [6.07, 6.45) is 15.8. The van der Waals surface area contributed by atoms with Crippen molar-refractivity contribution >= 4 is 11.8 Å². The third-order valence-corrected chi connectivity index (χ3v) is 6.91. The number of hydrogen-bond donors (Lipinski definition) is 3. The molecule has 5 N–H and O–H groups in total. The molecule has 0 spiro atoms. The quantitative estimate of drug-likeness (QED) is 0.479. The van der Waals surface area contributed by atoms with E-state index in [2.05, 4.69) is 5.32 Å². The van der Waals surface area contributed by atoms with Crippen LogP contribution in [0.1, 0.15) is 89.9 Å². The molecule has 2 aliphatic rings. The Morgan fingerprint density at radius 2 is 1.22 bits per heavy atom. The maximum absolute atomic E-state index is 11.9. The molecule has 2 amide bonds. The number of rotatable bonds is 11. The normalized spacial score (nSPS) is 28.6. The second-order valence-electron chi connectivity index (χ2n) is 9.06. The van der Waals surface area contributed by atoms with Crippen LogP contribution in [0.2, 0.25) is 0 Å². The summed E-state index contributed by atoms with van der Waals surface area (Å²) in [7, 11) is 0. The van der Waals surface area contributed by atoms with Gasteiger partial charge in [-0.15, -0.1) is 0 Å². The average molecular weight is 380 g/mol. The van der Waals surface area contributed by atoms with Crippen LogP contribution in [0.15, 0.2) is 0 Å². The van der Waals surface area contributed by atoms with Gasteiger partial charge in [0.1, 0.15) is 0 Å². The van der Waals surface area contributed by atoms with Gasteiger partial charge >= 0.3 is 0 Å². The Labute approximate surface area is 165 Å². The van der Waals surface area contributed by atoms with Gasteiger partial charge in [0.05, 0.1) is 0 Å². The molecule has 0 saturated heterocycles. The topological polar surface area (TPSA) is 98.2 Å². The molecule has 5 heteroatoms. The molecule has 2 fully saturated rings. The first kappa shape index (κ1) is 22.2. The van der Waals surface area contributed by atoms with Crippen LogP contribution < -0.4 is 16.8 Å². The number of unbranched alkanes of at least 4 members (excludes halogenated alkanes) is 1. The molecule has 0 radical (unpaired) electrons. The molecule has 5 nitrogen and oxygen atoms in total. The van der Waals surface area contributed by atoms with Gasteiger partial charge in [0.25, 0.3) is 0 Å². The molecule has 2 saturated carbocycles. The standard InChI is InChI=1S/C22H41N3O2/c23-15-19-11-7-17(8-12-19)5-6-18-9-13-20(14-10-18)16-25-22(27)4-2-1-3-21(24)26/h17-20H,1-16,23H2,(H2,24,26)(H,25,27). The molecule has 0 aromatic heterocycles. The highest BCUT2D eigenvalue weighted by atomic mass is 16.1. The van der Waals surface area contributed by atoms with E-state index < -0.39 is 0 Å². The molecule has 2 rings (SSSR count). The molecule has 0 aromatic carbocycles. The highest BCUT2D eigenvalue weighted by Crippen LogP contribution is 2.36. The Hall–Kier alpha value is -1.10. The Morgan fingerprint density at radius 1 is 0.741 bits per heavy atom. The number of nitrogens with two attached hydrogens (primary N) is 2. The molecular weight excluding hydrogens is 338 g/mol. The average Bonchev–Trinajstić information content (AvgIpc) is 2.69. The van der Waals surface area contributed by atoms with Crippen molar-refractivity contribution < 1.29 is 9.59 Å². The van der Waals surface area contributed by atoms with Gasteiger partial charge in [-0.25, -0.2) is 0 Å². The summed E-state index contributed by atoms with van der Waals surface area (Å²) in [5.74, 6) is 3.12. The number of primary amides is 1. The van der Waals surface area contributed by atoms with E-state index in [0.29, 0.717) is 25.2 Å². The van der Waals surface area contributed by atoms with E-state index in [0.717, 1.165) is 37.3 Å². The zero-order valence-corrected chi connectivity index (χ0v) is 17.1. The van der Waals surface area contributed by atoms with Crippen molar-refractivity contribution in [3.05, 3.63) is 0 Å². The van der Waals surface area contributed by atoms with Crippen LogP contribution in [0.4, 0.5) is 0 Å². The summed E-state index contributed by atoms with van der Waals surface area (Å²) in [5.41, 5.74) is 10.9. The number of hydrogen-bond acceptors (Lipinski definition) is 3. The van der Waals surface area contributed by atoms with Crippen molar-refractivity contribution in [2.24, 2.45) is 35.1 Å². The molecule has 0 heterocycles. The smallest absolute Gasteiger partial charge is 0.220 e. The van der Waals surface area contributed by atoms with E-state index >= 15 is 0 Å². The monoisotopic (exact) mass is 379 g/mol. The summed E-state index contributed by atoms with van der Waals surface area (Å²) in [5, 5.41) is 3.08. The minimum atomic E-state index is -0.282. The second kappa shape index (κ2) is 12.4. The Bertz CT molecular complexity index is 439. The van der Waals surface area contributed by atoms with Crippen LogP contribution in [0.25, 0.3) is 0 Å². The number of carbonyl (C=O) groups excluding carboxylic acids is 2. The number of nitrogens with one attached hydrogen (secondary N) is 1. The lowest BCUT2D eigenvalue weighted by atomic mass is 9.75. The van der Waals surface area contributed by atoms with Crippen LogP contribution in [-0.4, -0.2) is 24.9 Å². The van der Waals surface area contributed by atoms with Gasteiger partial charge < -0.3 is 16.8 Å². The Kier molecular flexibility index (Phi) is 10.2. The van der Waals surface area contributed by atoms with Crippen molar-refractivity contribution in [3.8, 4) is 0 Å². The summed E-state index contributed by atoms with van der Waals surface area (Å²) < 4.78 is 0. The van der Waals surface area contributed by atoms with E-state index in [4.69, 9.17) is 11.5 Å². The van der Waals surface area contributed by atoms with Gasteiger partial charge in [0.2, 0.25) is 11.8 Å². The molecule has 27 heavy (non-hydrogen) atoms.